The van der Waals surface area contributed by atoms with Crippen LogP contribution in [0.4, 0.5) is 0 Å². The van der Waals surface area contributed by atoms with Crippen molar-refractivity contribution in [2.75, 3.05) is 6.73 Å². The monoisotopic (exact) mass is 230 g/mol. The number of amides is 1. The zero-order chi connectivity index (χ0) is 12.1. The summed E-state index contributed by atoms with van der Waals surface area (Å²) in [5.74, 6) is 0.348. The maximum absolute atomic E-state index is 11.1. The maximum atomic E-state index is 11.1. The molecule has 3 N–H and O–H groups in total. The first-order valence-electron chi connectivity index (χ1n) is 5.82. The Morgan fingerprint density at radius 2 is 2.31 bits per heavy atom. The average Bonchev–Trinajstić information content (AvgIpc) is 2.21. The van der Waals surface area contributed by atoms with Crippen LogP contribution in [0.25, 0.3) is 0 Å². The molecule has 0 aromatic heterocycles. The molecule has 5 nitrogen and oxygen atoms in total. The lowest BCUT2D eigenvalue weighted by atomic mass is 9.91. The number of nitrogens with one attached hydrogen (secondary N) is 1. The van der Waals surface area contributed by atoms with E-state index in [4.69, 9.17) is 15.2 Å². The van der Waals surface area contributed by atoms with E-state index in [2.05, 4.69) is 19.2 Å². The fourth-order valence-electron chi connectivity index (χ4n) is 2.20. The van der Waals surface area contributed by atoms with Gasteiger partial charge < -0.3 is 20.5 Å². The number of carbonyl (C=O) groups excluding carboxylic acids is 1. The van der Waals surface area contributed by atoms with Gasteiger partial charge in [-0.05, 0) is 18.8 Å². The van der Waals surface area contributed by atoms with Crippen molar-refractivity contribution in [2.24, 2.45) is 11.7 Å². The van der Waals surface area contributed by atoms with Crippen molar-refractivity contribution in [3.63, 3.8) is 0 Å². The first-order chi connectivity index (χ1) is 7.58. The van der Waals surface area contributed by atoms with E-state index in [9.17, 15) is 4.79 Å². The number of rotatable bonds is 4. The van der Waals surface area contributed by atoms with Gasteiger partial charge in [0.05, 0.1) is 18.9 Å². The topological polar surface area (TPSA) is 73.6 Å². The highest BCUT2D eigenvalue weighted by Gasteiger charge is 2.35. The summed E-state index contributed by atoms with van der Waals surface area (Å²) in [5, 5.41) is 2.85. The van der Waals surface area contributed by atoms with Crippen LogP contribution < -0.4 is 11.1 Å². The van der Waals surface area contributed by atoms with E-state index in [1.54, 1.807) is 0 Å². The Kier molecular flexibility index (Phi) is 5.18. The number of nitrogens with two attached hydrogens (primary N) is 1. The van der Waals surface area contributed by atoms with E-state index in [0.29, 0.717) is 5.92 Å². The Bertz CT molecular complexity index is 235. The summed E-state index contributed by atoms with van der Waals surface area (Å²) in [5.41, 5.74) is 5.36. The first-order valence-corrected chi connectivity index (χ1v) is 5.82. The second-order valence-corrected chi connectivity index (χ2v) is 4.30. The van der Waals surface area contributed by atoms with Crippen molar-refractivity contribution in [1.82, 2.24) is 5.32 Å². The summed E-state index contributed by atoms with van der Waals surface area (Å²) in [6, 6.07) is -0.0983. The standard InChI is InChI=1S/C11H22N2O3/c1-4-10-7(2)5-9(13-8(3)14)11(16-10)15-6-12/h7,9-11H,4-6,12H2,1-3H3,(H,13,14). The summed E-state index contributed by atoms with van der Waals surface area (Å²) in [4.78, 5) is 11.1. The minimum absolute atomic E-state index is 0.0682. The predicted octanol–water partition coefficient (Wildman–Crippen LogP) is 0.585. The van der Waals surface area contributed by atoms with Gasteiger partial charge in [0.1, 0.15) is 0 Å². The maximum Gasteiger partial charge on any atom is 0.217 e. The molecule has 0 bridgehead atoms. The quantitative estimate of drug-likeness (QED) is 0.693. The molecule has 0 aliphatic carbocycles. The number of hydrogen-bond acceptors (Lipinski definition) is 4. The molecule has 1 aliphatic rings. The van der Waals surface area contributed by atoms with E-state index in [-0.39, 0.29) is 24.8 Å². The summed E-state index contributed by atoms with van der Waals surface area (Å²) in [6.07, 6.45) is 1.57. The van der Waals surface area contributed by atoms with Crippen LogP contribution in [-0.2, 0) is 14.3 Å². The van der Waals surface area contributed by atoms with Crippen molar-refractivity contribution in [3.8, 4) is 0 Å². The van der Waals surface area contributed by atoms with E-state index in [1.165, 1.54) is 6.92 Å². The number of hydrogen-bond donors (Lipinski definition) is 2. The number of carbonyl (C=O) groups is 1. The van der Waals surface area contributed by atoms with Crippen molar-refractivity contribution in [1.29, 1.82) is 0 Å². The molecule has 5 heteroatoms. The third-order valence-corrected chi connectivity index (χ3v) is 2.95. The molecule has 0 saturated carbocycles. The largest absolute Gasteiger partial charge is 0.348 e. The van der Waals surface area contributed by atoms with Crippen LogP contribution in [0, 0.1) is 5.92 Å². The van der Waals surface area contributed by atoms with Crippen LogP contribution in [0.5, 0.6) is 0 Å². The highest BCUT2D eigenvalue weighted by Crippen LogP contribution is 2.27. The third kappa shape index (κ3) is 3.43. The summed E-state index contributed by atoms with van der Waals surface area (Å²) in [7, 11) is 0. The van der Waals surface area contributed by atoms with E-state index < -0.39 is 6.29 Å². The molecule has 0 radical (unpaired) electrons. The Morgan fingerprint density at radius 3 is 2.81 bits per heavy atom. The normalized spacial score (nSPS) is 34.8. The van der Waals surface area contributed by atoms with Crippen LogP contribution in [0.1, 0.15) is 33.6 Å². The van der Waals surface area contributed by atoms with Gasteiger partial charge in [-0.25, -0.2) is 0 Å². The van der Waals surface area contributed by atoms with Gasteiger partial charge in [-0.1, -0.05) is 13.8 Å². The minimum atomic E-state index is -0.421. The zero-order valence-electron chi connectivity index (χ0n) is 10.2. The van der Waals surface area contributed by atoms with Crippen molar-refractivity contribution in [2.45, 2.75) is 52.0 Å². The van der Waals surface area contributed by atoms with Crippen LogP contribution in [-0.4, -0.2) is 31.1 Å². The molecule has 1 saturated heterocycles. The lowest BCUT2D eigenvalue weighted by molar-refractivity contribution is -0.221. The van der Waals surface area contributed by atoms with Crippen LogP contribution >= 0.6 is 0 Å². The van der Waals surface area contributed by atoms with Crippen molar-refractivity contribution >= 4 is 5.91 Å². The third-order valence-electron chi connectivity index (χ3n) is 2.95. The van der Waals surface area contributed by atoms with Crippen LogP contribution in [0.3, 0.4) is 0 Å². The Morgan fingerprint density at radius 1 is 1.62 bits per heavy atom. The highest BCUT2D eigenvalue weighted by molar-refractivity contribution is 5.73. The molecule has 0 spiro atoms. The van der Waals surface area contributed by atoms with Gasteiger partial charge in [0, 0.05) is 6.92 Å². The smallest absolute Gasteiger partial charge is 0.217 e. The van der Waals surface area contributed by atoms with Gasteiger partial charge in [-0.3, -0.25) is 4.79 Å². The molecular formula is C11H22N2O3. The van der Waals surface area contributed by atoms with E-state index in [1.807, 2.05) is 0 Å². The average molecular weight is 230 g/mol. The zero-order valence-corrected chi connectivity index (χ0v) is 10.2. The van der Waals surface area contributed by atoms with Gasteiger partial charge in [0.2, 0.25) is 5.91 Å². The number of ether oxygens (including phenoxy) is 2. The molecule has 16 heavy (non-hydrogen) atoms. The summed E-state index contributed by atoms with van der Waals surface area (Å²) < 4.78 is 11.1. The van der Waals surface area contributed by atoms with Gasteiger partial charge >= 0.3 is 0 Å². The van der Waals surface area contributed by atoms with Gasteiger partial charge in [0.25, 0.3) is 0 Å². The lowest BCUT2D eigenvalue weighted by Gasteiger charge is -2.39. The summed E-state index contributed by atoms with van der Waals surface area (Å²) >= 11 is 0. The second kappa shape index (κ2) is 6.18. The fraction of sp³-hybridized carbons (Fsp3) is 0.909. The molecule has 1 fully saturated rings. The van der Waals surface area contributed by atoms with Crippen molar-refractivity contribution < 1.29 is 14.3 Å². The molecule has 4 atom stereocenters. The van der Waals surface area contributed by atoms with Gasteiger partial charge in [-0.15, -0.1) is 0 Å². The van der Waals surface area contributed by atoms with Crippen LogP contribution in [0.2, 0.25) is 0 Å². The molecule has 1 aliphatic heterocycles. The highest BCUT2D eigenvalue weighted by atomic mass is 16.7. The predicted molar refractivity (Wildman–Crippen MR) is 60.5 cm³/mol. The molecule has 0 aromatic carbocycles. The second-order valence-electron chi connectivity index (χ2n) is 4.30. The van der Waals surface area contributed by atoms with Crippen LogP contribution in [0.15, 0.2) is 0 Å². The molecule has 4 unspecified atom stereocenters. The SMILES string of the molecule is CCC1OC(OCN)C(NC(C)=O)CC1C. The Labute approximate surface area is 96.7 Å². The molecule has 1 amide bonds. The molecular weight excluding hydrogens is 208 g/mol. The van der Waals surface area contributed by atoms with E-state index >= 15 is 0 Å². The molecule has 1 rings (SSSR count). The van der Waals surface area contributed by atoms with Gasteiger partial charge in [0.15, 0.2) is 6.29 Å². The lowest BCUT2D eigenvalue weighted by Crippen LogP contribution is -2.53. The minimum Gasteiger partial charge on any atom is -0.348 e. The summed E-state index contributed by atoms with van der Waals surface area (Å²) in [6.45, 7) is 5.81. The van der Waals surface area contributed by atoms with Gasteiger partial charge in [-0.2, -0.15) is 0 Å². The fourth-order valence-corrected chi connectivity index (χ4v) is 2.20. The van der Waals surface area contributed by atoms with E-state index in [0.717, 1.165) is 12.8 Å². The Balaban J connectivity index is 2.62. The molecule has 1 heterocycles. The Hall–Kier alpha value is -0.650. The first kappa shape index (κ1) is 13.4. The molecule has 94 valence electrons. The van der Waals surface area contributed by atoms with Crippen molar-refractivity contribution in [3.05, 3.63) is 0 Å². The molecule has 0 aromatic rings.